The third kappa shape index (κ3) is 1.55. The Bertz CT molecular complexity index is 234. The first kappa shape index (κ1) is 10.0. The highest BCUT2D eigenvalue weighted by Gasteiger charge is 2.46. The molecule has 2 nitrogen and oxygen atoms in total. The van der Waals surface area contributed by atoms with E-state index in [2.05, 4.69) is 0 Å². The SMILES string of the molecule is CC(C)C(C(=O)O)C1CC2CCC1C2. The van der Waals surface area contributed by atoms with Gasteiger partial charge in [0.2, 0.25) is 0 Å². The van der Waals surface area contributed by atoms with Gasteiger partial charge in [-0.05, 0) is 42.9 Å². The van der Waals surface area contributed by atoms with Crippen LogP contribution in [0.1, 0.15) is 39.5 Å². The number of aliphatic carboxylic acids is 1. The van der Waals surface area contributed by atoms with Crippen molar-refractivity contribution in [1.29, 1.82) is 0 Å². The predicted molar refractivity (Wildman–Crippen MR) is 54.9 cm³/mol. The first-order valence-electron chi connectivity index (χ1n) is 5.82. The van der Waals surface area contributed by atoms with Gasteiger partial charge in [0.05, 0.1) is 5.92 Å². The fourth-order valence-electron chi connectivity index (χ4n) is 3.70. The molecule has 0 aromatic rings. The van der Waals surface area contributed by atoms with Gasteiger partial charge in [0, 0.05) is 0 Å². The van der Waals surface area contributed by atoms with E-state index in [1.165, 1.54) is 25.7 Å². The standard InChI is InChI=1S/C12H20O2/c1-7(2)11(12(13)14)10-6-8-3-4-9(10)5-8/h7-11H,3-6H2,1-2H3,(H,13,14). The van der Waals surface area contributed by atoms with Crippen LogP contribution in [-0.4, -0.2) is 11.1 Å². The lowest BCUT2D eigenvalue weighted by Crippen LogP contribution is -2.31. The summed E-state index contributed by atoms with van der Waals surface area (Å²) in [7, 11) is 0. The molecule has 0 heterocycles. The minimum Gasteiger partial charge on any atom is -0.481 e. The summed E-state index contributed by atoms with van der Waals surface area (Å²) in [5.41, 5.74) is 0. The molecule has 2 fully saturated rings. The van der Waals surface area contributed by atoms with Crippen LogP contribution < -0.4 is 0 Å². The van der Waals surface area contributed by atoms with Crippen molar-refractivity contribution in [3.63, 3.8) is 0 Å². The van der Waals surface area contributed by atoms with Gasteiger partial charge in [0.25, 0.3) is 0 Å². The normalized spacial score (nSPS) is 37.8. The van der Waals surface area contributed by atoms with E-state index in [9.17, 15) is 9.90 Å². The van der Waals surface area contributed by atoms with Crippen molar-refractivity contribution in [2.75, 3.05) is 0 Å². The van der Waals surface area contributed by atoms with Crippen LogP contribution in [0.25, 0.3) is 0 Å². The van der Waals surface area contributed by atoms with Crippen molar-refractivity contribution in [1.82, 2.24) is 0 Å². The fraction of sp³-hybridized carbons (Fsp3) is 0.917. The average Bonchev–Trinajstić information content (AvgIpc) is 2.63. The summed E-state index contributed by atoms with van der Waals surface area (Å²) >= 11 is 0. The Labute approximate surface area is 85.7 Å². The highest BCUT2D eigenvalue weighted by Crippen LogP contribution is 2.52. The molecule has 4 atom stereocenters. The summed E-state index contributed by atoms with van der Waals surface area (Å²) in [5.74, 6) is 1.68. The molecule has 0 aliphatic heterocycles. The summed E-state index contributed by atoms with van der Waals surface area (Å²) in [6.07, 6.45) is 5.12. The second-order valence-electron chi connectivity index (χ2n) is 5.45. The lowest BCUT2D eigenvalue weighted by Gasteiger charge is -2.30. The van der Waals surface area contributed by atoms with Gasteiger partial charge in [-0.2, -0.15) is 0 Å². The van der Waals surface area contributed by atoms with E-state index in [4.69, 9.17) is 0 Å². The molecule has 2 heteroatoms. The van der Waals surface area contributed by atoms with Crippen molar-refractivity contribution in [2.24, 2.45) is 29.6 Å². The van der Waals surface area contributed by atoms with E-state index < -0.39 is 5.97 Å². The van der Waals surface area contributed by atoms with Gasteiger partial charge in [-0.15, -0.1) is 0 Å². The quantitative estimate of drug-likeness (QED) is 0.753. The molecular weight excluding hydrogens is 176 g/mol. The molecule has 2 rings (SSSR count). The maximum Gasteiger partial charge on any atom is 0.307 e. The van der Waals surface area contributed by atoms with Crippen molar-refractivity contribution in [3.05, 3.63) is 0 Å². The van der Waals surface area contributed by atoms with Crippen molar-refractivity contribution >= 4 is 5.97 Å². The Morgan fingerprint density at radius 1 is 1.29 bits per heavy atom. The van der Waals surface area contributed by atoms with Gasteiger partial charge in [-0.25, -0.2) is 0 Å². The molecule has 14 heavy (non-hydrogen) atoms. The largest absolute Gasteiger partial charge is 0.481 e. The summed E-state index contributed by atoms with van der Waals surface area (Å²) in [6.45, 7) is 4.09. The van der Waals surface area contributed by atoms with Crippen molar-refractivity contribution in [3.8, 4) is 0 Å². The van der Waals surface area contributed by atoms with Crippen molar-refractivity contribution < 1.29 is 9.90 Å². The van der Waals surface area contributed by atoms with Crippen LogP contribution in [0.15, 0.2) is 0 Å². The number of hydrogen-bond acceptors (Lipinski definition) is 1. The molecule has 0 radical (unpaired) electrons. The molecule has 2 saturated carbocycles. The predicted octanol–water partition coefficient (Wildman–Crippen LogP) is 2.78. The van der Waals surface area contributed by atoms with Gasteiger partial charge in [-0.3, -0.25) is 4.79 Å². The number of carbonyl (C=O) groups is 1. The molecule has 0 aromatic carbocycles. The van der Waals surface area contributed by atoms with Gasteiger partial charge < -0.3 is 5.11 Å². The summed E-state index contributed by atoms with van der Waals surface area (Å²) in [4.78, 5) is 11.2. The van der Waals surface area contributed by atoms with Crippen LogP contribution in [0.2, 0.25) is 0 Å². The minimum absolute atomic E-state index is 0.0923. The zero-order chi connectivity index (χ0) is 10.3. The van der Waals surface area contributed by atoms with E-state index in [1.54, 1.807) is 0 Å². The highest BCUT2D eigenvalue weighted by molar-refractivity contribution is 5.70. The van der Waals surface area contributed by atoms with E-state index in [-0.39, 0.29) is 11.8 Å². The number of carboxylic acids is 1. The van der Waals surface area contributed by atoms with Gasteiger partial charge in [0.15, 0.2) is 0 Å². The summed E-state index contributed by atoms with van der Waals surface area (Å²) in [5, 5.41) is 9.23. The van der Waals surface area contributed by atoms with E-state index in [1.807, 2.05) is 13.8 Å². The first-order valence-corrected chi connectivity index (χ1v) is 5.82. The van der Waals surface area contributed by atoms with Crippen LogP contribution >= 0.6 is 0 Å². The fourth-order valence-corrected chi connectivity index (χ4v) is 3.70. The highest BCUT2D eigenvalue weighted by atomic mass is 16.4. The minimum atomic E-state index is -0.572. The van der Waals surface area contributed by atoms with Crippen LogP contribution in [0.5, 0.6) is 0 Å². The van der Waals surface area contributed by atoms with Gasteiger partial charge in [-0.1, -0.05) is 20.3 Å². The van der Waals surface area contributed by atoms with E-state index >= 15 is 0 Å². The van der Waals surface area contributed by atoms with Gasteiger partial charge in [0.1, 0.15) is 0 Å². The molecule has 2 aliphatic carbocycles. The Balaban J connectivity index is 2.09. The van der Waals surface area contributed by atoms with Crippen LogP contribution in [0.4, 0.5) is 0 Å². The van der Waals surface area contributed by atoms with Crippen LogP contribution in [0, 0.1) is 29.6 Å². The summed E-state index contributed by atoms with van der Waals surface area (Å²) < 4.78 is 0. The zero-order valence-electron chi connectivity index (χ0n) is 9.07. The molecule has 0 spiro atoms. The van der Waals surface area contributed by atoms with Gasteiger partial charge >= 0.3 is 5.97 Å². The number of rotatable bonds is 3. The zero-order valence-corrected chi connectivity index (χ0v) is 9.07. The Hall–Kier alpha value is -0.530. The molecule has 2 aliphatic rings. The molecule has 0 amide bonds. The molecule has 80 valence electrons. The molecular formula is C12H20O2. The Kier molecular flexibility index (Phi) is 2.54. The smallest absolute Gasteiger partial charge is 0.307 e. The van der Waals surface area contributed by atoms with Crippen molar-refractivity contribution in [2.45, 2.75) is 39.5 Å². The second kappa shape index (κ2) is 3.56. The van der Waals surface area contributed by atoms with E-state index in [0.29, 0.717) is 5.92 Å². The molecule has 0 saturated heterocycles. The molecule has 2 bridgehead atoms. The molecule has 1 N–H and O–H groups in total. The topological polar surface area (TPSA) is 37.3 Å². The van der Waals surface area contributed by atoms with E-state index in [0.717, 1.165) is 11.8 Å². The lowest BCUT2D eigenvalue weighted by atomic mass is 9.74. The van der Waals surface area contributed by atoms with Crippen LogP contribution in [-0.2, 0) is 4.79 Å². The number of fused-ring (bicyclic) bond motifs is 2. The summed E-state index contributed by atoms with van der Waals surface area (Å²) in [6, 6.07) is 0. The first-order chi connectivity index (χ1) is 6.59. The lowest BCUT2D eigenvalue weighted by molar-refractivity contribution is -0.146. The Morgan fingerprint density at radius 2 is 2.00 bits per heavy atom. The number of hydrogen-bond donors (Lipinski definition) is 1. The second-order valence-corrected chi connectivity index (χ2v) is 5.45. The third-order valence-electron chi connectivity index (χ3n) is 4.26. The maximum atomic E-state index is 11.2. The third-order valence-corrected chi connectivity index (χ3v) is 4.26. The maximum absolute atomic E-state index is 11.2. The Morgan fingerprint density at radius 3 is 2.36 bits per heavy atom. The average molecular weight is 196 g/mol. The molecule has 0 aromatic heterocycles. The monoisotopic (exact) mass is 196 g/mol. The number of carboxylic acid groups (broad SMARTS) is 1. The molecule has 4 unspecified atom stereocenters. The van der Waals surface area contributed by atoms with Crippen LogP contribution in [0.3, 0.4) is 0 Å².